The number of hydrogen-bond acceptors (Lipinski definition) is 5. The van der Waals surface area contributed by atoms with Gasteiger partial charge in [0.15, 0.2) is 5.17 Å². The molecule has 2 heterocycles. The number of nitrogens with zero attached hydrogens (tertiary/aromatic N) is 2. The number of nitrogens with one attached hydrogen (secondary N) is 1. The fraction of sp³-hybridized carbons (Fsp3) is 0.562. The lowest BCUT2D eigenvalue weighted by atomic mass is 10.2. The summed E-state index contributed by atoms with van der Waals surface area (Å²) in [7, 11) is 0. The summed E-state index contributed by atoms with van der Waals surface area (Å²) in [6.45, 7) is 4.62. The van der Waals surface area contributed by atoms with E-state index in [4.69, 9.17) is 4.74 Å². The van der Waals surface area contributed by atoms with Crippen molar-refractivity contribution in [2.45, 2.75) is 18.1 Å². The summed E-state index contributed by atoms with van der Waals surface area (Å²) in [6, 6.07) is 8.68. The van der Waals surface area contributed by atoms with Crippen LogP contribution < -0.4 is 10.2 Å². The second-order valence-electron chi connectivity index (χ2n) is 5.91. The van der Waals surface area contributed by atoms with E-state index >= 15 is 0 Å². The molecule has 0 bridgehead atoms. The van der Waals surface area contributed by atoms with Gasteiger partial charge in [-0.05, 0) is 43.0 Å². The van der Waals surface area contributed by atoms with E-state index in [9.17, 15) is 0 Å². The fourth-order valence-corrected chi connectivity index (χ4v) is 4.10. The van der Waals surface area contributed by atoms with Gasteiger partial charge in [-0.15, -0.1) is 0 Å². The molecule has 1 unspecified atom stereocenters. The van der Waals surface area contributed by atoms with Crippen molar-refractivity contribution in [1.82, 2.24) is 0 Å². The average Bonchev–Trinajstić information content (AvgIpc) is 3.29. The van der Waals surface area contributed by atoms with E-state index in [0.717, 1.165) is 54.9 Å². The number of thioether (sulfide) groups is 1. The van der Waals surface area contributed by atoms with Crippen LogP contribution in [0.5, 0.6) is 0 Å². The molecule has 0 aromatic heterocycles. The molecule has 0 radical (unpaired) electrons. The van der Waals surface area contributed by atoms with E-state index in [-0.39, 0.29) is 0 Å². The Bertz CT molecular complexity index is 521. The number of amidine groups is 1. The van der Waals surface area contributed by atoms with E-state index in [1.54, 1.807) is 0 Å². The van der Waals surface area contributed by atoms with Gasteiger partial charge in [0.2, 0.25) is 0 Å². The van der Waals surface area contributed by atoms with Crippen LogP contribution in [0.1, 0.15) is 12.8 Å². The monoisotopic (exact) mass is 303 g/mol. The van der Waals surface area contributed by atoms with E-state index in [0.29, 0.717) is 0 Å². The summed E-state index contributed by atoms with van der Waals surface area (Å²) < 4.78 is 5.40. The van der Waals surface area contributed by atoms with E-state index < -0.39 is 0 Å². The first-order chi connectivity index (χ1) is 10.4. The average molecular weight is 303 g/mol. The van der Waals surface area contributed by atoms with Gasteiger partial charge in [-0.3, -0.25) is 4.99 Å². The molecule has 5 heteroatoms. The molecule has 0 spiro atoms. The molecule has 1 atom stereocenters. The van der Waals surface area contributed by atoms with Gasteiger partial charge in [-0.25, -0.2) is 0 Å². The van der Waals surface area contributed by atoms with Gasteiger partial charge in [-0.1, -0.05) is 11.8 Å². The second kappa shape index (κ2) is 5.89. The number of morpholine rings is 1. The summed E-state index contributed by atoms with van der Waals surface area (Å²) in [6.07, 6.45) is 2.80. The molecule has 2 aliphatic heterocycles. The predicted octanol–water partition coefficient (Wildman–Crippen LogP) is 2.82. The van der Waals surface area contributed by atoms with E-state index in [1.165, 1.54) is 18.5 Å². The Balaban J connectivity index is 1.35. The number of hydrogen-bond donors (Lipinski definition) is 1. The third-order valence-corrected chi connectivity index (χ3v) is 5.61. The zero-order chi connectivity index (χ0) is 14.1. The highest BCUT2D eigenvalue weighted by molar-refractivity contribution is 8.15. The van der Waals surface area contributed by atoms with Gasteiger partial charge in [0.25, 0.3) is 0 Å². The van der Waals surface area contributed by atoms with Gasteiger partial charge in [0.1, 0.15) is 0 Å². The van der Waals surface area contributed by atoms with Gasteiger partial charge in [0, 0.05) is 29.7 Å². The van der Waals surface area contributed by atoms with Crippen molar-refractivity contribution in [3.05, 3.63) is 24.3 Å². The van der Waals surface area contributed by atoms with Crippen LogP contribution in [-0.2, 0) is 4.74 Å². The van der Waals surface area contributed by atoms with Gasteiger partial charge >= 0.3 is 0 Å². The molecular weight excluding hydrogens is 282 g/mol. The lowest BCUT2D eigenvalue weighted by Gasteiger charge is -2.28. The molecule has 1 aromatic rings. The van der Waals surface area contributed by atoms with Crippen LogP contribution in [0.4, 0.5) is 11.4 Å². The quantitative estimate of drug-likeness (QED) is 0.931. The summed E-state index contributed by atoms with van der Waals surface area (Å²) in [4.78, 5) is 7.00. The highest BCUT2D eigenvalue weighted by atomic mass is 32.2. The second-order valence-corrected chi connectivity index (χ2v) is 7.14. The summed E-state index contributed by atoms with van der Waals surface area (Å²) in [5, 5.41) is 5.26. The lowest BCUT2D eigenvalue weighted by molar-refractivity contribution is 0.122. The molecule has 4 rings (SSSR count). The van der Waals surface area contributed by atoms with Crippen LogP contribution in [0.2, 0.25) is 0 Å². The smallest absolute Gasteiger partial charge is 0.161 e. The van der Waals surface area contributed by atoms with Crippen molar-refractivity contribution in [3.63, 3.8) is 0 Å². The van der Waals surface area contributed by atoms with Crippen LogP contribution in [-0.4, -0.2) is 43.3 Å². The molecule has 1 N–H and O–H groups in total. The van der Waals surface area contributed by atoms with E-state index in [1.807, 2.05) is 11.8 Å². The maximum absolute atomic E-state index is 5.40. The third-order valence-electron chi connectivity index (χ3n) is 4.32. The SMILES string of the molecule is c1cc(N2CCOCC2)ccc1NC1=NCC(C2CC2)S1. The largest absolute Gasteiger partial charge is 0.378 e. The van der Waals surface area contributed by atoms with Crippen LogP contribution in [0.15, 0.2) is 29.3 Å². The highest BCUT2D eigenvalue weighted by Gasteiger charge is 2.35. The molecule has 1 saturated carbocycles. The number of aliphatic imine (C=N–C) groups is 1. The Morgan fingerprint density at radius 3 is 2.62 bits per heavy atom. The number of ether oxygens (including phenoxy) is 1. The Morgan fingerprint density at radius 1 is 1.14 bits per heavy atom. The number of rotatable bonds is 3. The Labute approximate surface area is 130 Å². The van der Waals surface area contributed by atoms with Gasteiger partial charge in [-0.2, -0.15) is 0 Å². The Hall–Kier alpha value is -1.20. The topological polar surface area (TPSA) is 36.9 Å². The molecule has 4 nitrogen and oxygen atoms in total. The number of benzene rings is 1. The Morgan fingerprint density at radius 2 is 1.90 bits per heavy atom. The molecule has 2 fully saturated rings. The third kappa shape index (κ3) is 3.19. The maximum Gasteiger partial charge on any atom is 0.161 e. The first-order valence-electron chi connectivity index (χ1n) is 7.79. The normalized spacial score (nSPS) is 25.8. The first kappa shape index (κ1) is 13.5. The summed E-state index contributed by atoms with van der Waals surface area (Å²) in [5.41, 5.74) is 2.41. The van der Waals surface area contributed by atoms with Crippen molar-refractivity contribution in [2.75, 3.05) is 43.1 Å². The molecule has 21 heavy (non-hydrogen) atoms. The van der Waals surface area contributed by atoms with Crippen LogP contribution in [0.25, 0.3) is 0 Å². The van der Waals surface area contributed by atoms with Crippen LogP contribution in [0, 0.1) is 5.92 Å². The molecular formula is C16H21N3OS. The molecule has 3 aliphatic rings. The van der Waals surface area contributed by atoms with Crippen molar-refractivity contribution >= 4 is 28.3 Å². The van der Waals surface area contributed by atoms with Crippen molar-refractivity contribution < 1.29 is 4.74 Å². The minimum absolute atomic E-state index is 0.722. The molecule has 0 amide bonds. The van der Waals surface area contributed by atoms with Crippen LogP contribution >= 0.6 is 11.8 Å². The van der Waals surface area contributed by atoms with Gasteiger partial charge < -0.3 is 15.0 Å². The molecule has 112 valence electrons. The van der Waals surface area contributed by atoms with Crippen molar-refractivity contribution in [2.24, 2.45) is 10.9 Å². The standard InChI is InChI=1S/C16H21N3OS/c1-2-12(1)15-11-17-16(21-15)18-13-3-5-14(6-4-13)19-7-9-20-10-8-19/h3-6,12,15H,1-2,7-11H2,(H,17,18). The minimum Gasteiger partial charge on any atom is -0.378 e. The van der Waals surface area contributed by atoms with Crippen molar-refractivity contribution in [1.29, 1.82) is 0 Å². The highest BCUT2D eigenvalue weighted by Crippen LogP contribution is 2.41. The molecule has 1 aliphatic carbocycles. The maximum atomic E-state index is 5.40. The zero-order valence-electron chi connectivity index (χ0n) is 12.1. The Kier molecular flexibility index (Phi) is 3.78. The summed E-state index contributed by atoms with van der Waals surface area (Å²) >= 11 is 1.92. The first-order valence-corrected chi connectivity index (χ1v) is 8.67. The van der Waals surface area contributed by atoms with Crippen LogP contribution in [0.3, 0.4) is 0 Å². The molecule has 1 saturated heterocycles. The lowest BCUT2D eigenvalue weighted by Crippen LogP contribution is -2.36. The van der Waals surface area contributed by atoms with Gasteiger partial charge in [0.05, 0.1) is 19.8 Å². The predicted molar refractivity (Wildman–Crippen MR) is 89.5 cm³/mol. The van der Waals surface area contributed by atoms with E-state index in [2.05, 4.69) is 39.5 Å². The molecule has 1 aromatic carbocycles. The number of anilines is 2. The minimum atomic E-state index is 0.722. The zero-order valence-corrected chi connectivity index (χ0v) is 12.9. The van der Waals surface area contributed by atoms with Crippen molar-refractivity contribution in [3.8, 4) is 0 Å². The fourth-order valence-electron chi connectivity index (χ4n) is 2.87. The summed E-state index contributed by atoms with van der Waals surface area (Å²) in [5.74, 6) is 0.918.